The molecule has 0 fully saturated rings. The molecule has 0 aliphatic rings. The van der Waals surface area contributed by atoms with E-state index in [0.29, 0.717) is 0 Å². The fourth-order valence-corrected chi connectivity index (χ4v) is 4.52. The van der Waals surface area contributed by atoms with E-state index in [4.69, 9.17) is 19.5 Å². The summed E-state index contributed by atoms with van der Waals surface area (Å²) in [4.78, 5) is 17.4. The summed E-state index contributed by atoms with van der Waals surface area (Å²) in [6.07, 6.45) is -4.27. The number of hydrogen-bond acceptors (Lipinski definition) is 7. The van der Waals surface area contributed by atoms with Gasteiger partial charge in [0.2, 0.25) is 11.6 Å². The monoisotopic (exact) mass is 625 g/mol. The zero-order valence-corrected chi connectivity index (χ0v) is 23.6. The van der Waals surface area contributed by atoms with Crippen LogP contribution >= 0.6 is 0 Å². The number of rotatable bonds is 12. The van der Waals surface area contributed by atoms with E-state index >= 15 is 0 Å². The number of benzene rings is 3. The first kappa shape index (κ1) is 31.1. The number of nitriles is 1. The number of aromatic nitrogens is 4. The molecule has 5 aromatic rings. The summed E-state index contributed by atoms with van der Waals surface area (Å²) in [6, 6.07) is 16.4. The van der Waals surface area contributed by atoms with Gasteiger partial charge in [0.05, 0.1) is 29.3 Å². The van der Waals surface area contributed by atoms with Gasteiger partial charge in [-0.1, -0.05) is 30.3 Å². The Hall–Kier alpha value is -5.29. The lowest BCUT2D eigenvalue weighted by Crippen LogP contribution is -2.28. The van der Waals surface area contributed by atoms with Gasteiger partial charge in [0.1, 0.15) is 19.0 Å². The molecule has 0 bridgehead atoms. The van der Waals surface area contributed by atoms with Crippen LogP contribution in [0.1, 0.15) is 23.9 Å². The first-order valence-electron chi connectivity index (χ1n) is 13.5. The SMILES string of the molecule is CCn1c(COCc2ccccc2)nn(-c2cc(OC(CF)C(F)F)c3c(Oc4c(F)cc(C#N)cc4F)nccc3c2)c1=O. The van der Waals surface area contributed by atoms with Crippen LogP contribution in [-0.2, 0) is 24.5 Å². The summed E-state index contributed by atoms with van der Waals surface area (Å²) >= 11 is 0. The average molecular weight is 626 g/mol. The van der Waals surface area contributed by atoms with Crippen molar-refractivity contribution in [3.05, 3.63) is 106 Å². The second-order valence-electron chi connectivity index (χ2n) is 9.62. The molecule has 1 unspecified atom stereocenters. The predicted octanol–water partition coefficient (Wildman–Crippen LogP) is 6.24. The number of hydrogen-bond donors (Lipinski definition) is 0. The van der Waals surface area contributed by atoms with Crippen LogP contribution in [0.4, 0.5) is 22.0 Å². The molecule has 0 spiro atoms. The molecule has 3 aromatic carbocycles. The predicted molar refractivity (Wildman–Crippen MR) is 151 cm³/mol. The van der Waals surface area contributed by atoms with E-state index < -0.39 is 53.9 Å². The van der Waals surface area contributed by atoms with Gasteiger partial charge in [-0.05, 0) is 42.1 Å². The smallest absolute Gasteiger partial charge is 0.350 e. The van der Waals surface area contributed by atoms with Crippen molar-refractivity contribution >= 4 is 10.8 Å². The summed E-state index contributed by atoms with van der Waals surface area (Å²) in [5, 5.41) is 13.4. The van der Waals surface area contributed by atoms with Gasteiger partial charge in [-0.15, -0.1) is 5.10 Å². The lowest BCUT2D eigenvalue weighted by molar-refractivity contribution is -0.000432. The molecule has 0 aliphatic carbocycles. The summed E-state index contributed by atoms with van der Waals surface area (Å²) in [5.41, 5.74) is 0.0805. The Bertz CT molecular complexity index is 1900. The van der Waals surface area contributed by atoms with Crippen LogP contribution in [0.3, 0.4) is 0 Å². The van der Waals surface area contributed by atoms with Gasteiger partial charge in [0, 0.05) is 18.8 Å². The quantitative estimate of drug-likeness (QED) is 0.151. The molecule has 0 saturated heterocycles. The summed E-state index contributed by atoms with van der Waals surface area (Å²) in [7, 11) is 0. The topological polar surface area (TPSA) is 104 Å². The molecule has 45 heavy (non-hydrogen) atoms. The molecule has 0 saturated carbocycles. The minimum atomic E-state index is -3.25. The van der Waals surface area contributed by atoms with Crippen molar-refractivity contribution in [1.82, 2.24) is 19.3 Å². The van der Waals surface area contributed by atoms with E-state index in [-0.39, 0.29) is 47.6 Å². The third-order valence-corrected chi connectivity index (χ3v) is 6.66. The highest BCUT2D eigenvalue weighted by Crippen LogP contribution is 2.39. The molecule has 9 nitrogen and oxygen atoms in total. The summed E-state index contributed by atoms with van der Waals surface area (Å²) in [5.74, 6) is -3.97. The molecule has 14 heteroatoms. The molecule has 0 N–H and O–H groups in total. The van der Waals surface area contributed by atoms with Gasteiger partial charge >= 0.3 is 5.69 Å². The van der Waals surface area contributed by atoms with Crippen molar-refractivity contribution in [2.75, 3.05) is 6.67 Å². The molecule has 2 aromatic heterocycles. The highest BCUT2D eigenvalue weighted by Gasteiger charge is 2.26. The fourth-order valence-electron chi connectivity index (χ4n) is 4.52. The highest BCUT2D eigenvalue weighted by molar-refractivity contribution is 5.94. The van der Waals surface area contributed by atoms with Crippen LogP contribution in [-0.4, -0.2) is 38.5 Å². The van der Waals surface area contributed by atoms with Crippen LogP contribution in [0.15, 0.2) is 71.7 Å². The van der Waals surface area contributed by atoms with Gasteiger partial charge in [0.15, 0.2) is 23.6 Å². The molecule has 232 valence electrons. The first-order valence-corrected chi connectivity index (χ1v) is 13.5. The fraction of sp³-hybridized carbons (Fsp3) is 0.226. The van der Waals surface area contributed by atoms with Crippen molar-refractivity contribution in [1.29, 1.82) is 5.26 Å². The third kappa shape index (κ3) is 6.63. The van der Waals surface area contributed by atoms with Crippen LogP contribution in [0.2, 0.25) is 0 Å². The summed E-state index contributed by atoms with van der Waals surface area (Å²) < 4.78 is 89.0. The number of halogens is 5. The standard InChI is InChI=1S/C31H24F5N5O4/c1-2-40-26(17-43-16-18-6-4-3-5-7-18)39-41(31(40)42)21-12-20-8-9-38-30(27(20)24(13-21)44-25(14-32)29(35)36)45-28-22(33)10-19(15-37)11-23(28)34/h3-13,25,29H,2,14,16-17H2,1H3. The number of fused-ring (bicyclic) bond motifs is 1. The van der Waals surface area contributed by atoms with Gasteiger partial charge in [0.25, 0.3) is 6.43 Å². The number of pyridine rings is 1. The molecule has 0 radical (unpaired) electrons. The van der Waals surface area contributed by atoms with E-state index in [1.807, 2.05) is 30.3 Å². The molecule has 1 atom stereocenters. The van der Waals surface area contributed by atoms with Crippen molar-refractivity contribution in [2.45, 2.75) is 39.2 Å². The second-order valence-corrected chi connectivity index (χ2v) is 9.62. The number of nitrogens with zero attached hydrogens (tertiary/aromatic N) is 5. The van der Waals surface area contributed by atoms with Crippen molar-refractivity contribution in [3.63, 3.8) is 0 Å². The van der Waals surface area contributed by atoms with Crippen molar-refractivity contribution in [3.8, 4) is 29.1 Å². The van der Waals surface area contributed by atoms with Gasteiger partial charge < -0.3 is 14.2 Å². The van der Waals surface area contributed by atoms with Crippen molar-refractivity contribution in [2.24, 2.45) is 0 Å². The maximum atomic E-state index is 14.7. The molecular formula is C31H24F5N5O4. The van der Waals surface area contributed by atoms with Crippen LogP contribution in [0.5, 0.6) is 17.4 Å². The van der Waals surface area contributed by atoms with E-state index in [1.165, 1.54) is 22.9 Å². The molecule has 5 rings (SSSR count). The minimum Gasteiger partial charge on any atom is -0.481 e. The maximum Gasteiger partial charge on any atom is 0.350 e. The molecule has 0 amide bonds. The average Bonchev–Trinajstić information content (AvgIpc) is 3.36. The lowest BCUT2D eigenvalue weighted by atomic mass is 10.1. The largest absolute Gasteiger partial charge is 0.481 e. The normalized spacial score (nSPS) is 12.0. The van der Waals surface area contributed by atoms with E-state index in [1.54, 1.807) is 13.0 Å². The number of alkyl halides is 3. The van der Waals surface area contributed by atoms with Gasteiger partial charge in [-0.3, -0.25) is 4.57 Å². The van der Waals surface area contributed by atoms with Crippen LogP contribution in [0, 0.1) is 23.0 Å². The molecule has 0 aliphatic heterocycles. The highest BCUT2D eigenvalue weighted by atomic mass is 19.3. The minimum absolute atomic E-state index is 0.0269. The zero-order chi connectivity index (χ0) is 32.1. The van der Waals surface area contributed by atoms with Crippen molar-refractivity contribution < 1.29 is 36.2 Å². The Morgan fingerprint density at radius 1 is 1.02 bits per heavy atom. The van der Waals surface area contributed by atoms with E-state index in [2.05, 4.69) is 10.1 Å². The second kappa shape index (κ2) is 13.6. The zero-order valence-electron chi connectivity index (χ0n) is 23.6. The Balaban J connectivity index is 1.59. The maximum absolute atomic E-state index is 14.7. The first-order chi connectivity index (χ1) is 21.7. The van der Waals surface area contributed by atoms with E-state index in [0.717, 1.165) is 28.4 Å². The lowest BCUT2D eigenvalue weighted by Gasteiger charge is -2.19. The van der Waals surface area contributed by atoms with Crippen LogP contribution in [0.25, 0.3) is 16.5 Å². The van der Waals surface area contributed by atoms with Gasteiger partial charge in [-0.2, -0.15) is 9.94 Å². The van der Waals surface area contributed by atoms with Gasteiger partial charge in [-0.25, -0.2) is 31.7 Å². The number of ether oxygens (including phenoxy) is 3. The Morgan fingerprint density at radius 2 is 1.76 bits per heavy atom. The Labute approximate surface area is 252 Å². The Kier molecular flexibility index (Phi) is 9.39. The Morgan fingerprint density at radius 3 is 2.40 bits per heavy atom. The third-order valence-electron chi connectivity index (χ3n) is 6.66. The molecule has 2 heterocycles. The molecular weight excluding hydrogens is 601 g/mol. The van der Waals surface area contributed by atoms with Crippen LogP contribution < -0.4 is 15.2 Å². The van der Waals surface area contributed by atoms with E-state index in [9.17, 15) is 26.7 Å². The summed E-state index contributed by atoms with van der Waals surface area (Å²) in [6.45, 7) is 0.619.